The maximum atomic E-state index is 12.5. The molecule has 150 valence electrons. The van der Waals surface area contributed by atoms with Crippen molar-refractivity contribution in [2.45, 2.75) is 6.92 Å². The summed E-state index contributed by atoms with van der Waals surface area (Å²) in [6, 6.07) is 20.3. The summed E-state index contributed by atoms with van der Waals surface area (Å²) in [7, 11) is 3.09. The lowest BCUT2D eigenvalue weighted by Crippen LogP contribution is -2.12. The van der Waals surface area contributed by atoms with Gasteiger partial charge in [-0.1, -0.05) is 0 Å². The Bertz CT molecular complexity index is 954. The maximum absolute atomic E-state index is 12.5. The standard InChI is InChI=1S/C23H24N2O4/c1-4-29-20-12-10-18(11-13-20)24-17-6-8-19(9-7-17)25-23(26)16-5-14-21(27-2)22(15-16)28-3/h5-15,24H,4H2,1-3H3,(H,25,26). The van der Waals surface area contributed by atoms with E-state index in [1.54, 1.807) is 25.3 Å². The number of carbonyl (C=O) groups excluding carboxylic acids is 1. The summed E-state index contributed by atoms with van der Waals surface area (Å²) in [6.45, 7) is 2.60. The van der Waals surface area contributed by atoms with Crippen LogP contribution in [0.1, 0.15) is 17.3 Å². The van der Waals surface area contributed by atoms with Gasteiger partial charge < -0.3 is 24.8 Å². The monoisotopic (exact) mass is 392 g/mol. The van der Waals surface area contributed by atoms with Crippen molar-refractivity contribution in [2.24, 2.45) is 0 Å². The third kappa shape index (κ3) is 5.19. The largest absolute Gasteiger partial charge is 0.494 e. The number of anilines is 3. The lowest BCUT2D eigenvalue weighted by atomic mass is 10.1. The summed E-state index contributed by atoms with van der Waals surface area (Å²) in [5, 5.41) is 6.19. The summed E-state index contributed by atoms with van der Waals surface area (Å²) in [4.78, 5) is 12.5. The Hall–Kier alpha value is -3.67. The van der Waals surface area contributed by atoms with Gasteiger partial charge in [0.25, 0.3) is 5.91 Å². The molecule has 3 rings (SSSR count). The van der Waals surface area contributed by atoms with Crippen molar-refractivity contribution in [1.82, 2.24) is 0 Å². The average molecular weight is 392 g/mol. The molecule has 1 amide bonds. The predicted octanol–water partition coefficient (Wildman–Crippen LogP) is 5.10. The van der Waals surface area contributed by atoms with Gasteiger partial charge in [-0.05, 0) is 73.7 Å². The van der Waals surface area contributed by atoms with E-state index >= 15 is 0 Å². The van der Waals surface area contributed by atoms with Crippen LogP contribution in [0.3, 0.4) is 0 Å². The predicted molar refractivity (Wildman–Crippen MR) is 115 cm³/mol. The van der Waals surface area contributed by atoms with Crippen molar-refractivity contribution < 1.29 is 19.0 Å². The number of rotatable bonds is 8. The van der Waals surface area contributed by atoms with E-state index in [2.05, 4.69) is 10.6 Å². The van der Waals surface area contributed by atoms with Gasteiger partial charge in [-0.3, -0.25) is 4.79 Å². The molecule has 2 N–H and O–H groups in total. The first-order valence-corrected chi connectivity index (χ1v) is 9.26. The molecular formula is C23H24N2O4. The summed E-state index contributed by atoms with van der Waals surface area (Å²) in [6.07, 6.45) is 0. The molecule has 0 heterocycles. The van der Waals surface area contributed by atoms with E-state index < -0.39 is 0 Å². The number of hydrogen-bond donors (Lipinski definition) is 2. The number of nitrogens with one attached hydrogen (secondary N) is 2. The van der Waals surface area contributed by atoms with Gasteiger partial charge in [0.15, 0.2) is 11.5 Å². The van der Waals surface area contributed by atoms with Crippen LogP contribution in [0.5, 0.6) is 17.2 Å². The number of methoxy groups -OCH3 is 2. The van der Waals surface area contributed by atoms with E-state index in [1.807, 2.05) is 55.5 Å². The molecule has 0 radical (unpaired) electrons. The summed E-state index contributed by atoms with van der Waals surface area (Å²) < 4.78 is 15.9. The van der Waals surface area contributed by atoms with E-state index in [-0.39, 0.29) is 5.91 Å². The van der Waals surface area contributed by atoms with E-state index in [0.29, 0.717) is 29.4 Å². The first-order valence-electron chi connectivity index (χ1n) is 9.26. The molecule has 0 unspecified atom stereocenters. The molecule has 29 heavy (non-hydrogen) atoms. The zero-order chi connectivity index (χ0) is 20.6. The maximum Gasteiger partial charge on any atom is 0.255 e. The number of hydrogen-bond acceptors (Lipinski definition) is 5. The number of ether oxygens (including phenoxy) is 3. The second-order valence-corrected chi connectivity index (χ2v) is 6.18. The quantitative estimate of drug-likeness (QED) is 0.558. The van der Waals surface area contributed by atoms with Gasteiger partial charge in [-0.25, -0.2) is 0 Å². The number of benzene rings is 3. The minimum absolute atomic E-state index is 0.224. The molecule has 0 aliphatic heterocycles. The summed E-state index contributed by atoms with van der Waals surface area (Å²) >= 11 is 0. The topological polar surface area (TPSA) is 68.8 Å². The molecule has 3 aromatic rings. The van der Waals surface area contributed by atoms with Crippen molar-refractivity contribution in [2.75, 3.05) is 31.5 Å². The Morgan fingerprint density at radius 1 is 0.793 bits per heavy atom. The Labute approximate surface area is 170 Å². The fraction of sp³-hybridized carbons (Fsp3) is 0.174. The van der Waals surface area contributed by atoms with Crippen LogP contribution in [0, 0.1) is 0 Å². The minimum Gasteiger partial charge on any atom is -0.494 e. The highest BCUT2D eigenvalue weighted by atomic mass is 16.5. The molecule has 3 aromatic carbocycles. The minimum atomic E-state index is -0.224. The van der Waals surface area contributed by atoms with E-state index in [0.717, 1.165) is 17.1 Å². The summed E-state index contributed by atoms with van der Waals surface area (Å²) in [5.41, 5.74) is 3.05. The number of amides is 1. The van der Waals surface area contributed by atoms with Gasteiger partial charge in [0.1, 0.15) is 5.75 Å². The Kier molecular flexibility index (Phi) is 6.58. The Morgan fingerprint density at radius 3 is 1.97 bits per heavy atom. The SMILES string of the molecule is CCOc1ccc(Nc2ccc(NC(=O)c3ccc(OC)c(OC)c3)cc2)cc1. The fourth-order valence-corrected chi connectivity index (χ4v) is 2.79. The van der Waals surface area contributed by atoms with Crippen LogP contribution < -0.4 is 24.8 Å². The third-order valence-electron chi connectivity index (χ3n) is 4.24. The van der Waals surface area contributed by atoms with Gasteiger partial charge >= 0.3 is 0 Å². The van der Waals surface area contributed by atoms with E-state index in [1.165, 1.54) is 7.11 Å². The molecule has 0 saturated carbocycles. The van der Waals surface area contributed by atoms with E-state index in [9.17, 15) is 4.79 Å². The fourth-order valence-electron chi connectivity index (χ4n) is 2.79. The van der Waals surface area contributed by atoms with Crippen LogP contribution >= 0.6 is 0 Å². The lowest BCUT2D eigenvalue weighted by molar-refractivity contribution is 0.102. The lowest BCUT2D eigenvalue weighted by Gasteiger charge is -2.11. The van der Waals surface area contributed by atoms with Gasteiger partial charge in [-0.15, -0.1) is 0 Å². The second-order valence-electron chi connectivity index (χ2n) is 6.18. The highest BCUT2D eigenvalue weighted by molar-refractivity contribution is 6.04. The zero-order valence-electron chi connectivity index (χ0n) is 16.7. The molecule has 0 aromatic heterocycles. The molecule has 0 aliphatic carbocycles. The molecule has 6 heteroatoms. The average Bonchev–Trinajstić information content (AvgIpc) is 2.76. The second kappa shape index (κ2) is 9.50. The molecule has 0 atom stereocenters. The highest BCUT2D eigenvalue weighted by Gasteiger charge is 2.11. The van der Waals surface area contributed by atoms with Crippen molar-refractivity contribution in [3.8, 4) is 17.2 Å². The molecule has 0 fully saturated rings. The normalized spacial score (nSPS) is 10.2. The summed E-state index contributed by atoms with van der Waals surface area (Å²) in [5.74, 6) is 1.70. The van der Waals surface area contributed by atoms with Crippen LogP contribution in [-0.2, 0) is 0 Å². The zero-order valence-corrected chi connectivity index (χ0v) is 16.7. The Balaban J connectivity index is 1.63. The molecule has 6 nitrogen and oxygen atoms in total. The van der Waals surface area contributed by atoms with Gasteiger partial charge in [0.05, 0.1) is 20.8 Å². The highest BCUT2D eigenvalue weighted by Crippen LogP contribution is 2.28. The molecule has 0 spiro atoms. The third-order valence-corrected chi connectivity index (χ3v) is 4.24. The molecule has 0 saturated heterocycles. The molecule has 0 aliphatic rings. The Morgan fingerprint density at radius 2 is 1.38 bits per heavy atom. The van der Waals surface area contributed by atoms with E-state index in [4.69, 9.17) is 14.2 Å². The first kappa shape index (κ1) is 20.1. The molecular weight excluding hydrogens is 368 g/mol. The van der Waals surface area contributed by atoms with Gasteiger partial charge in [0, 0.05) is 22.6 Å². The van der Waals surface area contributed by atoms with Crippen LogP contribution in [0.25, 0.3) is 0 Å². The van der Waals surface area contributed by atoms with Crippen molar-refractivity contribution in [3.05, 3.63) is 72.3 Å². The van der Waals surface area contributed by atoms with Crippen LogP contribution in [0.15, 0.2) is 66.7 Å². The van der Waals surface area contributed by atoms with Gasteiger partial charge in [0.2, 0.25) is 0 Å². The van der Waals surface area contributed by atoms with Gasteiger partial charge in [-0.2, -0.15) is 0 Å². The van der Waals surface area contributed by atoms with Crippen LogP contribution in [0.2, 0.25) is 0 Å². The van der Waals surface area contributed by atoms with Crippen molar-refractivity contribution in [3.63, 3.8) is 0 Å². The van der Waals surface area contributed by atoms with Crippen LogP contribution in [0.4, 0.5) is 17.1 Å². The number of carbonyl (C=O) groups is 1. The van der Waals surface area contributed by atoms with Crippen molar-refractivity contribution in [1.29, 1.82) is 0 Å². The van der Waals surface area contributed by atoms with Crippen molar-refractivity contribution >= 4 is 23.0 Å². The molecule has 0 bridgehead atoms. The van der Waals surface area contributed by atoms with Crippen LogP contribution in [-0.4, -0.2) is 26.7 Å². The smallest absolute Gasteiger partial charge is 0.255 e. The first-order chi connectivity index (χ1) is 14.1.